The Kier molecular flexibility index (Phi) is 3.70. The third-order valence-corrected chi connectivity index (χ3v) is 2.92. The van der Waals surface area contributed by atoms with Crippen molar-refractivity contribution in [1.29, 1.82) is 0 Å². The van der Waals surface area contributed by atoms with Gasteiger partial charge in [-0.2, -0.15) is 0 Å². The molecule has 1 aromatic carbocycles. The molecule has 0 bridgehead atoms. The maximum absolute atomic E-state index is 11.2. The van der Waals surface area contributed by atoms with Crippen LogP contribution in [0.15, 0.2) is 24.3 Å². The van der Waals surface area contributed by atoms with E-state index in [9.17, 15) is 4.79 Å². The molecule has 0 fully saturated rings. The van der Waals surface area contributed by atoms with Crippen LogP contribution in [-0.2, 0) is 6.61 Å². The van der Waals surface area contributed by atoms with Gasteiger partial charge in [0, 0.05) is 0 Å². The van der Waals surface area contributed by atoms with Crippen LogP contribution >= 0.6 is 11.3 Å². The van der Waals surface area contributed by atoms with Crippen LogP contribution in [0.4, 0.5) is 5.13 Å². The van der Waals surface area contributed by atoms with Crippen molar-refractivity contribution in [3.63, 3.8) is 0 Å². The molecule has 0 radical (unpaired) electrons. The highest BCUT2D eigenvalue weighted by atomic mass is 32.1. The lowest BCUT2D eigenvalue weighted by atomic mass is 10.2. The quantitative estimate of drug-likeness (QED) is 0.535. The van der Waals surface area contributed by atoms with E-state index in [1.807, 2.05) is 0 Å². The number of nitrogens with zero attached hydrogens (tertiary/aromatic N) is 2. The summed E-state index contributed by atoms with van der Waals surface area (Å²) in [5, 5.41) is 8.76. The molecule has 0 aliphatic carbocycles. The molecular weight excluding hydrogens is 254 g/mol. The van der Waals surface area contributed by atoms with Crippen LogP contribution in [0.2, 0.25) is 0 Å². The van der Waals surface area contributed by atoms with Crippen LogP contribution < -0.4 is 21.7 Å². The number of carbonyl (C=O) groups excluding carboxylic acids is 1. The zero-order valence-corrected chi connectivity index (χ0v) is 10.1. The molecule has 1 heterocycles. The Bertz CT molecular complexity index is 557. The van der Waals surface area contributed by atoms with Gasteiger partial charge in [-0.15, -0.1) is 10.2 Å². The predicted molar refractivity (Wildman–Crippen MR) is 67.0 cm³/mol. The molecule has 7 nitrogen and oxygen atoms in total. The van der Waals surface area contributed by atoms with Crippen LogP contribution in [0, 0.1) is 0 Å². The monoisotopic (exact) mass is 265 g/mol. The highest BCUT2D eigenvalue weighted by Gasteiger charge is 2.09. The summed E-state index contributed by atoms with van der Waals surface area (Å²) in [4.78, 5) is 11.2. The molecular formula is C10H11N5O2S. The molecule has 0 aliphatic heterocycles. The van der Waals surface area contributed by atoms with Gasteiger partial charge in [0.2, 0.25) is 5.13 Å². The number of nitrogens with two attached hydrogens (primary N) is 2. The lowest BCUT2D eigenvalue weighted by molar-refractivity contribution is 0.0996. The summed E-state index contributed by atoms with van der Waals surface area (Å²) >= 11 is 1.27. The van der Waals surface area contributed by atoms with Crippen LogP contribution in [0.25, 0.3) is 0 Å². The number of carbonyl (C=O) groups is 1. The molecule has 2 aromatic rings. The summed E-state index contributed by atoms with van der Waals surface area (Å²) in [6, 6.07) is 6.75. The van der Waals surface area contributed by atoms with Crippen molar-refractivity contribution in [2.75, 3.05) is 5.43 Å². The van der Waals surface area contributed by atoms with Gasteiger partial charge in [0.25, 0.3) is 5.91 Å². The average Bonchev–Trinajstić information content (AvgIpc) is 2.84. The Labute approximate surface area is 107 Å². The first-order chi connectivity index (χ1) is 8.70. The van der Waals surface area contributed by atoms with Gasteiger partial charge in [-0.25, -0.2) is 5.84 Å². The Morgan fingerprint density at radius 1 is 1.39 bits per heavy atom. The van der Waals surface area contributed by atoms with Gasteiger partial charge in [-0.05, 0) is 12.1 Å². The SMILES string of the molecule is NNc1nnc(COc2ccccc2C(N)=O)s1. The van der Waals surface area contributed by atoms with Crippen molar-refractivity contribution in [1.82, 2.24) is 10.2 Å². The van der Waals surface area contributed by atoms with Crippen molar-refractivity contribution in [2.24, 2.45) is 11.6 Å². The number of benzene rings is 1. The van der Waals surface area contributed by atoms with Crippen molar-refractivity contribution < 1.29 is 9.53 Å². The normalized spacial score (nSPS) is 10.1. The number of nitrogen functional groups attached to an aromatic ring is 1. The minimum absolute atomic E-state index is 0.198. The fourth-order valence-electron chi connectivity index (χ4n) is 1.31. The molecule has 2 rings (SSSR count). The van der Waals surface area contributed by atoms with Crippen molar-refractivity contribution in [2.45, 2.75) is 6.61 Å². The second-order valence-electron chi connectivity index (χ2n) is 3.29. The minimum atomic E-state index is -0.535. The third-order valence-electron chi connectivity index (χ3n) is 2.09. The number of hydrogen-bond donors (Lipinski definition) is 3. The summed E-state index contributed by atoms with van der Waals surface area (Å²) in [6.07, 6.45) is 0. The first-order valence-corrected chi connectivity index (χ1v) is 5.83. The number of para-hydroxylation sites is 1. The van der Waals surface area contributed by atoms with Gasteiger partial charge in [0.05, 0.1) is 5.56 Å². The average molecular weight is 265 g/mol. The first-order valence-electron chi connectivity index (χ1n) is 5.01. The maximum Gasteiger partial charge on any atom is 0.252 e. The first kappa shape index (κ1) is 12.3. The molecule has 0 saturated carbocycles. The van der Waals surface area contributed by atoms with E-state index in [1.54, 1.807) is 24.3 Å². The van der Waals surface area contributed by atoms with Gasteiger partial charge in [0.15, 0.2) is 5.01 Å². The highest BCUT2D eigenvalue weighted by Crippen LogP contribution is 2.20. The van der Waals surface area contributed by atoms with Gasteiger partial charge >= 0.3 is 0 Å². The molecule has 0 unspecified atom stereocenters. The van der Waals surface area contributed by atoms with Crippen LogP contribution in [0.3, 0.4) is 0 Å². The molecule has 0 atom stereocenters. The van der Waals surface area contributed by atoms with Gasteiger partial charge in [-0.1, -0.05) is 23.5 Å². The number of amides is 1. The van der Waals surface area contributed by atoms with E-state index in [2.05, 4.69) is 15.6 Å². The molecule has 0 aliphatic rings. The number of rotatable bonds is 5. The van der Waals surface area contributed by atoms with E-state index in [-0.39, 0.29) is 6.61 Å². The molecule has 0 spiro atoms. The zero-order valence-electron chi connectivity index (χ0n) is 9.29. The molecule has 0 saturated heterocycles. The van der Waals surface area contributed by atoms with E-state index in [0.29, 0.717) is 21.5 Å². The third kappa shape index (κ3) is 2.73. The smallest absolute Gasteiger partial charge is 0.252 e. The highest BCUT2D eigenvalue weighted by molar-refractivity contribution is 7.15. The minimum Gasteiger partial charge on any atom is -0.486 e. The number of hydrazine groups is 1. The molecule has 18 heavy (non-hydrogen) atoms. The summed E-state index contributed by atoms with van der Waals surface area (Å²) in [7, 11) is 0. The summed E-state index contributed by atoms with van der Waals surface area (Å²) in [5.74, 6) is 5.07. The fourth-order valence-corrected chi connectivity index (χ4v) is 1.87. The van der Waals surface area contributed by atoms with E-state index >= 15 is 0 Å². The summed E-state index contributed by atoms with van der Waals surface area (Å²) in [6.45, 7) is 0.198. The number of primary amides is 1. The molecule has 5 N–H and O–H groups in total. The lowest BCUT2D eigenvalue weighted by Crippen LogP contribution is -2.12. The van der Waals surface area contributed by atoms with Crippen LogP contribution in [0.1, 0.15) is 15.4 Å². The molecule has 1 aromatic heterocycles. The number of aromatic nitrogens is 2. The van der Waals surface area contributed by atoms with E-state index in [4.69, 9.17) is 16.3 Å². The number of ether oxygens (including phenoxy) is 1. The van der Waals surface area contributed by atoms with Crippen molar-refractivity contribution in [3.8, 4) is 5.75 Å². The van der Waals surface area contributed by atoms with Crippen LogP contribution in [-0.4, -0.2) is 16.1 Å². The number of anilines is 1. The Morgan fingerprint density at radius 2 is 2.17 bits per heavy atom. The van der Waals surface area contributed by atoms with E-state index in [0.717, 1.165) is 0 Å². The maximum atomic E-state index is 11.2. The van der Waals surface area contributed by atoms with Gasteiger partial charge < -0.3 is 10.5 Å². The molecule has 94 valence electrons. The Morgan fingerprint density at radius 3 is 2.83 bits per heavy atom. The zero-order chi connectivity index (χ0) is 13.0. The second kappa shape index (κ2) is 5.43. The summed E-state index contributed by atoms with van der Waals surface area (Å²) < 4.78 is 5.48. The van der Waals surface area contributed by atoms with Crippen molar-refractivity contribution >= 4 is 22.4 Å². The Hall–Kier alpha value is -2.19. The second-order valence-corrected chi connectivity index (χ2v) is 4.36. The van der Waals surface area contributed by atoms with Crippen molar-refractivity contribution in [3.05, 3.63) is 34.8 Å². The van der Waals surface area contributed by atoms with Crippen LogP contribution in [0.5, 0.6) is 5.75 Å². The molecule has 1 amide bonds. The predicted octanol–water partition coefficient (Wildman–Crippen LogP) is 0.502. The summed E-state index contributed by atoms with van der Waals surface area (Å²) in [5.41, 5.74) is 7.96. The lowest BCUT2D eigenvalue weighted by Gasteiger charge is -2.07. The standard InChI is InChI=1S/C10H11N5O2S/c11-9(16)6-3-1-2-4-7(6)17-5-8-14-15-10(13-12)18-8/h1-4H,5,12H2,(H2,11,16)(H,13,15). The fraction of sp³-hybridized carbons (Fsp3) is 0.100. The number of nitrogens with one attached hydrogen (secondary N) is 1. The van der Waals surface area contributed by atoms with Gasteiger partial charge in [-0.3, -0.25) is 10.2 Å². The molecule has 8 heteroatoms. The van der Waals surface area contributed by atoms with Gasteiger partial charge in [0.1, 0.15) is 12.4 Å². The largest absolute Gasteiger partial charge is 0.486 e. The van der Waals surface area contributed by atoms with E-state index < -0.39 is 5.91 Å². The Balaban J connectivity index is 2.08. The van der Waals surface area contributed by atoms with E-state index in [1.165, 1.54) is 11.3 Å². The number of hydrogen-bond acceptors (Lipinski definition) is 7. The topological polar surface area (TPSA) is 116 Å².